The average Bonchev–Trinajstić information content (AvgIpc) is 2.97. The topological polar surface area (TPSA) is 67.4 Å². The van der Waals surface area contributed by atoms with E-state index >= 15 is 0 Å². The van der Waals surface area contributed by atoms with E-state index in [2.05, 4.69) is 17.0 Å². The molecular formula is C15H24N2O3S. The molecule has 0 aliphatic carbocycles. The van der Waals surface area contributed by atoms with Crippen molar-refractivity contribution < 1.29 is 13.2 Å². The van der Waals surface area contributed by atoms with Crippen LogP contribution in [0.3, 0.4) is 0 Å². The number of hydrogen-bond donors (Lipinski definition) is 2. The summed E-state index contributed by atoms with van der Waals surface area (Å²) in [4.78, 5) is 0.322. The van der Waals surface area contributed by atoms with Crippen molar-refractivity contribution in [2.75, 3.05) is 19.8 Å². The Morgan fingerprint density at radius 1 is 1.38 bits per heavy atom. The van der Waals surface area contributed by atoms with Crippen molar-refractivity contribution in [2.24, 2.45) is 0 Å². The quantitative estimate of drug-likeness (QED) is 0.806. The maximum absolute atomic E-state index is 12.4. The summed E-state index contributed by atoms with van der Waals surface area (Å²) in [6.45, 7) is 6.06. The van der Waals surface area contributed by atoms with Crippen molar-refractivity contribution in [3.8, 4) is 0 Å². The van der Waals surface area contributed by atoms with Gasteiger partial charge in [0.2, 0.25) is 10.0 Å². The Morgan fingerprint density at radius 3 is 2.81 bits per heavy atom. The van der Waals surface area contributed by atoms with Gasteiger partial charge in [-0.15, -0.1) is 0 Å². The average molecular weight is 312 g/mol. The van der Waals surface area contributed by atoms with Crippen molar-refractivity contribution in [3.05, 3.63) is 29.8 Å². The molecule has 0 saturated carbocycles. The number of nitrogens with one attached hydrogen (secondary N) is 2. The predicted molar refractivity (Wildman–Crippen MR) is 82.7 cm³/mol. The number of rotatable bonds is 7. The smallest absolute Gasteiger partial charge is 0.240 e. The second kappa shape index (κ2) is 7.35. The zero-order chi connectivity index (χ0) is 15.3. The zero-order valence-electron chi connectivity index (χ0n) is 12.6. The summed E-state index contributed by atoms with van der Waals surface area (Å²) in [7, 11) is -3.48. The van der Waals surface area contributed by atoms with Crippen LogP contribution in [-0.2, 0) is 14.8 Å². The number of benzene rings is 1. The maximum atomic E-state index is 12.4. The van der Waals surface area contributed by atoms with E-state index in [1.165, 1.54) is 0 Å². The van der Waals surface area contributed by atoms with Gasteiger partial charge in [0.15, 0.2) is 0 Å². The van der Waals surface area contributed by atoms with E-state index in [-0.39, 0.29) is 12.1 Å². The van der Waals surface area contributed by atoms with Gasteiger partial charge < -0.3 is 10.1 Å². The lowest BCUT2D eigenvalue weighted by Gasteiger charge is -2.18. The van der Waals surface area contributed by atoms with Gasteiger partial charge in [0.05, 0.1) is 11.5 Å². The van der Waals surface area contributed by atoms with Crippen LogP contribution < -0.4 is 10.0 Å². The molecule has 1 saturated heterocycles. The van der Waals surface area contributed by atoms with E-state index in [4.69, 9.17) is 4.74 Å². The van der Waals surface area contributed by atoms with Crippen LogP contribution in [0, 0.1) is 0 Å². The van der Waals surface area contributed by atoms with Gasteiger partial charge in [0.1, 0.15) is 0 Å². The Kier molecular flexibility index (Phi) is 5.75. The van der Waals surface area contributed by atoms with E-state index in [1.54, 1.807) is 18.2 Å². The van der Waals surface area contributed by atoms with Crippen molar-refractivity contribution >= 4 is 10.0 Å². The first-order valence-corrected chi connectivity index (χ1v) is 8.98. The molecule has 1 aliphatic heterocycles. The number of hydrogen-bond acceptors (Lipinski definition) is 4. The molecule has 21 heavy (non-hydrogen) atoms. The summed E-state index contributed by atoms with van der Waals surface area (Å²) < 4.78 is 32.8. The van der Waals surface area contributed by atoms with Crippen molar-refractivity contribution in [2.45, 2.75) is 43.7 Å². The molecule has 2 N–H and O–H groups in total. The van der Waals surface area contributed by atoms with Crippen LogP contribution in [0.15, 0.2) is 29.2 Å². The second-order valence-corrected chi connectivity index (χ2v) is 6.99. The largest absolute Gasteiger partial charge is 0.380 e. The lowest BCUT2D eigenvalue weighted by Crippen LogP contribution is -2.35. The van der Waals surface area contributed by atoms with Gasteiger partial charge in [-0.25, -0.2) is 13.1 Å². The lowest BCUT2D eigenvalue weighted by molar-refractivity contribution is 0.192. The fourth-order valence-corrected chi connectivity index (χ4v) is 3.87. The van der Waals surface area contributed by atoms with Crippen molar-refractivity contribution in [1.82, 2.24) is 10.0 Å². The summed E-state index contributed by atoms with van der Waals surface area (Å²) in [5, 5.41) is 3.37. The van der Waals surface area contributed by atoms with E-state index in [0.29, 0.717) is 18.1 Å². The highest BCUT2D eigenvalue weighted by molar-refractivity contribution is 7.89. The third-order valence-electron chi connectivity index (χ3n) is 3.68. The van der Waals surface area contributed by atoms with Crippen LogP contribution in [0.25, 0.3) is 0 Å². The fourth-order valence-electron chi connectivity index (χ4n) is 2.56. The van der Waals surface area contributed by atoms with Gasteiger partial charge in [-0.3, -0.25) is 0 Å². The molecule has 6 heteroatoms. The van der Waals surface area contributed by atoms with Crippen molar-refractivity contribution in [1.29, 1.82) is 0 Å². The van der Waals surface area contributed by atoms with Crippen LogP contribution in [0.1, 0.15) is 38.3 Å². The third kappa shape index (κ3) is 4.26. The first-order chi connectivity index (χ1) is 10.1. The first-order valence-electron chi connectivity index (χ1n) is 7.50. The van der Waals surface area contributed by atoms with Gasteiger partial charge in [-0.1, -0.05) is 26.0 Å². The summed E-state index contributed by atoms with van der Waals surface area (Å²) in [5.74, 6) is 0. The monoisotopic (exact) mass is 312 g/mol. The molecule has 0 bridgehead atoms. The first kappa shape index (κ1) is 16.4. The van der Waals surface area contributed by atoms with Crippen LogP contribution >= 0.6 is 0 Å². The maximum Gasteiger partial charge on any atom is 0.240 e. The minimum atomic E-state index is -3.48. The molecule has 1 heterocycles. The highest BCUT2D eigenvalue weighted by Crippen LogP contribution is 2.20. The Bertz CT molecular complexity index is 554. The molecule has 2 rings (SSSR count). The molecule has 1 aromatic rings. The second-order valence-electron chi connectivity index (χ2n) is 5.27. The van der Waals surface area contributed by atoms with Crippen LogP contribution in [0.4, 0.5) is 0 Å². The number of ether oxygens (including phenoxy) is 1. The standard InChI is InChI=1S/C15H24N2O3S/c1-3-15(16-4-2)12-6-5-7-14(10-12)21(18,19)17-13-8-9-20-11-13/h5-7,10,13,15-17H,3-4,8-9,11H2,1-2H3. The Hall–Kier alpha value is -0.950. The van der Waals surface area contributed by atoms with Gasteiger partial charge >= 0.3 is 0 Å². The molecule has 0 radical (unpaired) electrons. The molecule has 118 valence electrons. The molecule has 1 aromatic carbocycles. The van der Waals surface area contributed by atoms with Gasteiger partial charge in [0.25, 0.3) is 0 Å². The Morgan fingerprint density at radius 2 is 2.19 bits per heavy atom. The van der Waals surface area contributed by atoms with Gasteiger partial charge in [-0.2, -0.15) is 0 Å². The molecule has 1 aliphatic rings. The van der Waals surface area contributed by atoms with E-state index in [1.807, 2.05) is 13.0 Å². The van der Waals surface area contributed by atoms with Crippen LogP contribution in [0.5, 0.6) is 0 Å². The third-order valence-corrected chi connectivity index (χ3v) is 5.20. The summed E-state index contributed by atoms with van der Waals surface area (Å²) in [5.41, 5.74) is 1.00. The predicted octanol–water partition coefficient (Wildman–Crippen LogP) is 1.81. The minimum Gasteiger partial charge on any atom is -0.380 e. The van der Waals surface area contributed by atoms with Crippen molar-refractivity contribution in [3.63, 3.8) is 0 Å². The summed E-state index contributed by atoms with van der Waals surface area (Å²) in [6.07, 6.45) is 1.65. The molecule has 1 fully saturated rings. The Balaban J connectivity index is 2.18. The fraction of sp³-hybridized carbons (Fsp3) is 0.600. The van der Waals surface area contributed by atoms with Gasteiger partial charge in [0, 0.05) is 18.7 Å². The molecule has 5 nitrogen and oxygen atoms in total. The molecular weight excluding hydrogens is 288 g/mol. The molecule has 2 unspecified atom stereocenters. The summed E-state index contributed by atoms with van der Waals surface area (Å²) >= 11 is 0. The lowest BCUT2D eigenvalue weighted by atomic mass is 10.0. The van der Waals surface area contributed by atoms with Crippen LogP contribution in [-0.4, -0.2) is 34.2 Å². The molecule has 2 atom stereocenters. The molecule has 0 aromatic heterocycles. The highest BCUT2D eigenvalue weighted by atomic mass is 32.2. The van der Waals surface area contributed by atoms with Gasteiger partial charge in [-0.05, 0) is 37.1 Å². The summed E-state index contributed by atoms with van der Waals surface area (Å²) in [6, 6.07) is 7.23. The van der Waals surface area contributed by atoms with E-state index in [0.717, 1.165) is 24.9 Å². The zero-order valence-corrected chi connectivity index (χ0v) is 13.4. The highest BCUT2D eigenvalue weighted by Gasteiger charge is 2.24. The number of sulfonamides is 1. The molecule has 0 amide bonds. The van der Waals surface area contributed by atoms with E-state index in [9.17, 15) is 8.42 Å². The minimum absolute atomic E-state index is 0.116. The van der Waals surface area contributed by atoms with E-state index < -0.39 is 10.0 Å². The molecule has 0 spiro atoms. The normalized spacial score (nSPS) is 20.6. The SMILES string of the molecule is CCNC(CC)c1cccc(S(=O)(=O)NC2CCOC2)c1. The Labute approximate surface area is 127 Å². The van der Waals surface area contributed by atoms with Crippen LogP contribution in [0.2, 0.25) is 0 Å².